The van der Waals surface area contributed by atoms with Crippen molar-refractivity contribution in [3.05, 3.63) is 47.9 Å². The summed E-state index contributed by atoms with van der Waals surface area (Å²) in [6, 6.07) is 9.70. The van der Waals surface area contributed by atoms with Gasteiger partial charge in [-0.25, -0.2) is 9.69 Å². The van der Waals surface area contributed by atoms with Crippen molar-refractivity contribution in [2.75, 3.05) is 6.61 Å². The molecule has 1 saturated heterocycles. The zero-order valence-electron chi connectivity index (χ0n) is 9.67. The predicted molar refractivity (Wildman–Crippen MR) is 63.5 cm³/mol. The van der Waals surface area contributed by atoms with Gasteiger partial charge < -0.3 is 9.84 Å². The molecule has 1 N–H and O–H groups in total. The lowest BCUT2D eigenvalue weighted by atomic mass is 10.1. The number of benzene rings is 1. The van der Waals surface area contributed by atoms with Crippen LogP contribution in [0.4, 0.5) is 4.79 Å². The Balaban J connectivity index is 2.13. The summed E-state index contributed by atoms with van der Waals surface area (Å²) in [5, 5.41) is 9.66. The van der Waals surface area contributed by atoms with E-state index in [-0.39, 0.29) is 11.9 Å². The molecular weight excluding hydrogens is 218 g/mol. The minimum absolute atomic E-state index is 0.0477. The summed E-state index contributed by atoms with van der Waals surface area (Å²) in [4.78, 5) is 12.8. The van der Waals surface area contributed by atoms with Gasteiger partial charge in [0.2, 0.25) is 0 Å². The molecule has 90 valence electrons. The molecule has 1 heterocycles. The molecule has 1 atom stereocenters. The van der Waals surface area contributed by atoms with Crippen molar-refractivity contribution in [3.63, 3.8) is 0 Å². The molecule has 0 spiro atoms. The maximum absolute atomic E-state index is 11.5. The topological polar surface area (TPSA) is 49.8 Å². The number of ether oxygens (including phenoxy) is 1. The van der Waals surface area contributed by atoms with Gasteiger partial charge in [0.05, 0.1) is 6.04 Å². The number of hydrogen-bond acceptors (Lipinski definition) is 3. The number of carbonyl (C=O) groups excluding carboxylic acids is 1. The van der Waals surface area contributed by atoms with Gasteiger partial charge in [-0.3, -0.25) is 0 Å². The van der Waals surface area contributed by atoms with Crippen molar-refractivity contribution in [2.24, 2.45) is 0 Å². The average Bonchev–Trinajstić information content (AvgIpc) is 2.71. The van der Waals surface area contributed by atoms with Gasteiger partial charge >= 0.3 is 6.09 Å². The van der Waals surface area contributed by atoms with Gasteiger partial charge in [-0.1, -0.05) is 30.3 Å². The molecule has 4 heteroatoms. The van der Waals surface area contributed by atoms with Crippen LogP contribution < -0.4 is 0 Å². The monoisotopic (exact) mass is 233 g/mol. The van der Waals surface area contributed by atoms with Crippen LogP contribution in [0.3, 0.4) is 0 Å². The van der Waals surface area contributed by atoms with Gasteiger partial charge in [-0.2, -0.15) is 0 Å². The van der Waals surface area contributed by atoms with E-state index in [1.54, 1.807) is 6.92 Å². The molecule has 1 aliphatic rings. The van der Waals surface area contributed by atoms with E-state index in [1.165, 1.54) is 11.0 Å². The number of cyclic esters (lactones) is 1. The van der Waals surface area contributed by atoms with Crippen LogP contribution in [0.1, 0.15) is 12.5 Å². The van der Waals surface area contributed by atoms with Crippen LogP contribution in [0.25, 0.3) is 0 Å². The fourth-order valence-corrected chi connectivity index (χ4v) is 1.92. The maximum Gasteiger partial charge on any atom is 0.417 e. The fraction of sp³-hybridized carbons (Fsp3) is 0.308. The smallest absolute Gasteiger partial charge is 0.417 e. The van der Waals surface area contributed by atoms with Crippen LogP contribution in [-0.2, 0) is 11.2 Å². The molecule has 1 aromatic carbocycles. The molecule has 1 fully saturated rings. The lowest BCUT2D eigenvalue weighted by Crippen LogP contribution is -2.34. The van der Waals surface area contributed by atoms with Crippen molar-refractivity contribution < 1.29 is 14.6 Å². The largest absolute Gasteiger partial charge is 0.495 e. The zero-order valence-corrected chi connectivity index (χ0v) is 9.67. The molecule has 0 aromatic heterocycles. The van der Waals surface area contributed by atoms with Gasteiger partial charge in [0.15, 0.2) is 5.88 Å². The highest BCUT2D eigenvalue weighted by Gasteiger charge is 2.35. The van der Waals surface area contributed by atoms with Crippen LogP contribution in [-0.4, -0.2) is 28.7 Å². The number of aliphatic hydroxyl groups is 1. The molecular formula is C13H15NO3. The van der Waals surface area contributed by atoms with E-state index in [1.807, 2.05) is 30.3 Å². The molecule has 0 saturated carbocycles. The first kappa shape index (κ1) is 11.5. The SMILES string of the molecule is C/C=C(\O)N1C(=O)OC[C@@H]1Cc1ccccc1. The van der Waals surface area contributed by atoms with E-state index in [2.05, 4.69) is 0 Å². The molecule has 0 bridgehead atoms. The van der Waals surface area contributed by atoms with Gasteiger partial charge in [-0.15, -0.1) is 0 Å². The standard InChI is InChI=1S/C13H15NO3/c1-2-12(15)14-11(9-17-13(14)16)8-10-6-4-3-5-7-10/h2-7,11,15H,8-9H2,1H3/b12-2-/t11-/m0/s1. The third kappa shape index (κ3) is 2.41. The summed E-state index contributed by atoms with van der Waals surface area (Å²) < 4.78 is 4.96. The van der Waals surface area contributed by atoms with Crippen LogP contribution >= 0.6 is 0 Å². The second-order valence-corrected chi connectivity index (χ2v) is 3.94. The molecule has 0 aliphatic carbocycles. The second kappa shape index (κ2) is 4.91. The highest BCUT2D eigenvalue weighted by Crippen LogP contribution is 2.20. The first-order valence-corrected chi connectivity index (χ1v) is 5.57. The Morgan fingerprint density at radius 3 is 2.88 bits per heavy atom. The summed E-state index contributed by atoms with van der Waals surface area (Å²) in [7, 11) is 0. The Hall–Kier alpha value is -1.97. The van der Waals surface area contributed by atoms with Gasteiger partial charge in [-0.05, 0) is 25.0 Å². The van der Waals surface area contributed by atoms with Gasteiger partial charge in [0, 0.05) is 0 Å². The average molecular weight is 233 g/mol. The van der Waals surface area contributed by atoms with E-state index in [0.29, 0.717) is 13.0 Å². The number of aliphatic hydroxyl groups excluding tert-OH is 1. The Kier molecular flexibility index (Phi) is 3.32. The number of rotatable bonds is 3. The van der Waals surface area contributed by atoms with Crippen molar-refractivity contribution in [2.45, 2.75) is 19.4 Å². The summed E-state index contributed by atoms with van der Waals surface area (Å²) in [6.45, 7) is 1.99. The molecule has 0 unspecified atom stereocenters. The third-order valence-electron chi connectivity index (χ3n) is 2.78. The van der Waals surface area contributed by atoms with Crippen molar-refractivity contribution in [1.82, 2.24) is 4.90 Å². The van der Waals surface area contributed by atoms with Crippen LogP contribution in [0.5, 0.6) is 0 Å². The van der Waals surface area contributed by atoms with Crippen LogP contribution in [0.15, 0.2) is 42.3 Å². The normalized spacial score (nSPS) is 20.5. The summed E-state index contributed by atoms with van der Waals surface area (Å²) in [6.07, 6.45) is 1.68. The van der Waals surface area contributed by atoms with Crippen molar-refractivity contribution >= 4 is 6.09 Å². The van der Waals surface area contributed by atoms with Gasteiger partial charge in [0.25, 0.3) is 0 Å². The molecule has 17 heavy (non-hydrogen) atoms. The molecule has 1 aromatic rings. The van der Waals surface area contributed by atoms with Crippen LogP contribution in [0, 0.1) is 0 Å². The zero-order chi connectivity index (χ0) is 12.3. The van der Waals surface area contributed by atoms with E-state index < -0.39 is 6.09 Å². The van der Waals surface area contributed by atoms with Crippen molar-refractivity contribution in [1.29, 1.82) is 0 Å². The Morgan fingerprint density at radius 2 is 2.24 bits per heavy atom. The maximum atomic E-state index is 11.5. The lowest BCUT2D eigenvalue weighted by molar-refractivity contribution is 0.149. The van der Waals surface area contributed by atoms with Gasteiger partial charge in [0.1, 0.15) is 6.61 Å². The van der Waals surface area contributed by atoms with Crippen molar-refractivity contribution in [3.8, 4) is 0 Å². The number of allylic oxidation sites excluding steroid dienone is 1. The Bertz CT molecular complexity index is 428. The number of hydrogen-bond donors (Lipinski definition) is 1. The first-order chi connectivity index (χ1) is 8.22. The summed E-state index contributed by atoms with van der Waals surface area (Å²) in [5.74, 6) is -0.0477. The highest BCUT2D eigenvalue weighted by molar-refractivity contribution is 5.72. The Labute approximate surface area is 100 Å². The van der Waals surface area contributed by atoms with E-state index >= 15 is 0 Å². The summed E-state index contributed by atoms with van der Waals surface area (Å²) >= 11 is 0. The summed E-state index contributed by atoms with van der Waals surface area (Å²) in [5.41, 5.74) is 1.12. The lowest BCUT2D eigenvalue weighted by Gasteiger charge is -2.19. The van der Waals surface area contributed by atoms with E-state index in [0.717, 1.165) is 5.56 Å². The molecule has 2 rings (SSSR count). The quantitative estimate of drug-likeness (QED) is 0.816. The number of carbonyl (C=O) groups is 1. The Morgan fingerprint density at radius 1 is 1.53 bits per heavy atom. The van der Waals surface area contributed by atoms with E-state index in [4.69, 9.17) is 4.74 Å². The molecule has 1 amide bonds. The minimum atomic E-state index is -0.485. The first-order valence-electron chi connectivity index (χ1n) is 5.57. The molecule has 0 radical (unpaired) electrons. The predicted octanol–water partition coefficient (Wildman–Crippen LogP) is 2.47. The number of nitrogens with zero attached hydrogens (tertiary/aromatic N) is 1. The second-order valence-electron chi connectivity index (χ2n) is 3.94. The molecule has 4 nitrogen and oxygen atoms in total. The third-order valence-corrected chi connectivity index (χ3v) is 2.78. The van der Waals surface area contributed by atoms with E-state index in [9.17, 15) is 9.90 Å². The fourth-order valence-electron chi connectivity index (χ4n) is 1.92. The molecule has 1 aliphatic heterocycles. The number of amides is 1. The minimum Gasteiger partial charge on any atom is -0.495 e. The highest BCUT2D eigenvalue weighted by atomic mass is 16.6. The van der Waals surface area contributed by atoms with Crippen LogP contribution in [0.2, 0.25) is 0 Å².